The third kappa shape index (κ3) is 2.54. The number of aliphatic carboxylic acids is 1. The van der Waals surface area contributed by atoms with Gasteiger partial charge >= 0.3 is 5.97 Å². The van der Waals surface area contributed by atoms with E-state index in [0.29, 0.717) is 17.0 Å². The van der Waals surface area contributed by atoms with Crippen LogP contribution in [0.2, 0.25) is 0 Å². The standard InChI is InChI=1S/C14H13NO5/c1-8-14(19)15(2)10-7-9(3-5-12(10)20-8)11(16)4-6-13(17)18/h3-8H,1-2H3,(H,17,18)/b6-4+. The summed E-state index contributed by atoms with van der Waals surface area (Å²) in [6, 6.07) is 4.63. The van der Waals surface area contributed by atoms with E-state index in [2.05, 4.69) is 0 Å². The number of carboxylic acid groups (broad SMARTS) is 1. The SMILES string of the molecule is CC1Oc2ccc(C(=O)/C=C/C(=O)O)cc2N(C)C1=O. The van der Waals surface area contributed by atoms with Gasteiger partial charge in [-0.15, -0.1) is 0 Å². The number of fused-ring (bicyclic) bond motifs is 1. The van der Waals surface area contributed by atoms with Crippen molar-refractivity contribution in [2.75, 3.05) is 11.9 Å². The number of carbonyl (C=O) groups excluding carboxylic acids is 2. The van der Waals surface area contributed by atoms with Gasteiger partial charge < -0.3 is 14.7 Å². The molecule has 104 valence electrons. The molecule has 0 aliphatic carbocycles. The summed E-state index contributed by atoms with van der Waals surface area (Å²) in [5.41, 5.74) is 0.779. The largest absolute Gasteiger partial charge is 0.479 e. The van der Waals surface area contributed by atoms with E-state index in [1.165, 1.54) is 17.0 Å². The molecule has 1 aromatic rings. The maximum Gasteiger partial charge on any atom is 0.328 e. The Kier molecular flexibility index (Phi) is 3.56. The first-order chi connectivity index (χ1) is 9.40. The zero-order chi connectivity index (χ0) is 14.9. The summed E-state index contributed by atoms with van der Waals surface area (Å²) in [4.78, 5) is 35.4. The van der Waals surface area contributed by atoms with E-state index in [0.717, 1.165) is 12.2 Å². The molecule has 1 atom stereocenters. The molecule has 2 rings (SSSR count). The highest BCUT2D eigenvalue weighted by Gasteiger charge is 2.29. The lowest BCUT2D eigenvalue weighted by Gasteiger charge is -2.30. The number of likely N-dealkylation sites (N-methyl/N-ethyl adjacent to an activating group) is 1. The molecule has 0 saturated heterocycles. The van der Waals surface area contributed by atoms with E-state index < -0.39 is 17.9 Å². The lowest BCUT2D eigenvalue weighted by molar-refractivity contribution is -0.131. The number of carbonyl (C=O) groups is 3. The van der Waals surface area contributed by atoms with E-state index in [9.17, 15) is 14.4 Å². The smallest absolute Gasteiger partial charge is 0.328 e. The van der Waals surface area contributed by atoms with Crippen molar-refractivity contribution in [1.29, 1.82) is 0 Å². The monoisotopic (exact) mass is 275 g/mol. The second-order valence-corrected chi connectivity index (χ2v) is 4.38. The van der Waals surface area contributed by atoms with E-state index in [1.54, 1.807) is 20.0 Å². The molecule has 1 aromatic carbocycles. The first-order valence-corrected chi connectivity index (χ1v) is 5.93. The van der Waals surface area contributed by atoms with Crippen molar-refractivity contribution in [3.63, 3.8) is 0 Å². The second kappa shape index (κ2) is 5.16. The minimum Gasteiger partial charge on any atom is -0.479 e. The molecule has 20 heavy (non-hydrogen) atoms. The topological polar surface area (TPSA) is 83.9 Å². The van der Waals surface area contributed by atoms with Gasteiger partial charge in [-0.3, -0.25) is 9.59 Å². The van der Waals surface area contributed by atoms with E-state index >= 15 is 0 Å². The summed E-state index contributed by atoms with van der Waals surface area (Å²) in [6.45, 7) is 1.65. The minimum absolute atomic E-state index is 0.205. The molecule has 0 saturated carbocycles. The Morgan fingerprint density at radius 1 is 1.35 bits per heavy atom. The lowest BCUT2D eigenvalue weighted by Crippen LogP contribution is -2.42. The minimum atomic E-state index is -1.19. The number of amides is 1. The molecule has 1 unspecified atom stereocenters. The fraction of sp³-hybridized carbons (Fsp3) is 0.214. The lowest BCUT2D eigenvalue weighted by atomic mass is 10.1. The number of nitrogens with zero attached hydrogens (tertiary/aromatic N) is 1. The average molecular weight is 275 g/mol. The summed E-state index contributed by atoms with van der Waals surface area (Å²) in [7, 11) is 1.60. The summed E-state index contributed by atoms with van der Waals surface area (Å²) in [6.07, 6.45) is 1.17. The third-order valence-corrected chi connectivity index (χ3v) is 2.96. The summed E-state index contributed by atoms with van der Waals surface area (Å²) < 4.78 is 5.43. The Morgan fingerprint density at radius 3 is 2.70 bits per heavy atom. The van der Waals surface area contributed by atoms with Crippen molar-refractivity contribution >= 4 is 23.3 Å². The molecular formula is C14H13NO5. The molecule has 6 heteroatoms. The van der Waals surface area contributed by atoms with E-state index in [1.807, 2.05) is 0 Å². The highest BCUT2D eigenvalue weighted by atomic mass is 16.5. The van der Waals surface area contributed by atoms with Crippen molar-refractivity contribution in [1.82, 2.24) is 0 Å². The van der Waals surface area contributed by atoms with Crippen LogP contribution in [0.4, 0.5) is 5.69 Å². The van der Waals surface area contributed by atoms with Crippen molar-refractivity contribution in [2.24, 2.45) is 0 Å². The summed E-state index contributed by atoms with van der Waals surface area (Å²) >= 11 is 0. The van der Waals surface area contributed by atoms with E-state index in [-0.39, 0.29) is 5.91 Å². The first-order valence-electron chi connectivity index (χ1n) is 5.93. The first kappa shape index (κ1) is 13.8. The van der Waals surface area contributed by atoms with Gasteiger partial charge in [0.1, 0.15) is 5.75 Å². The predicted octanol–water partition coefficient (Wildman–Crippen LogP) is 1.25. The van der Waals surface area contributed by atoms with Crippen LogP contribution in [0, 0.1) is 0 Å². The van der Waals surface area contributed by atoms with Crippen LogP contribution in [0.15, 0.2) is 30.4 Å². The highest BCUT2D eigenvalue weighted by Crippen LogP contribution is 2.34. The Bertz CT molecular complexity index is 620. The summed E-state index contributed by atoms with van der Waals surface area (Å²) in [5.74, 6) is -1.34. The van der Waals surface area contributed by atoms with Crippen LogP contribution in [0.25, 0.3) is 0 Å². The molecular weight excluding hydrogens is 262 g/mol. The average Bonchev–Trinajstić information content (AvgIpc) is 2.42. The number of hydrogen-bond acceptors (Lipinski definition) is 4. The van der Waals surface area contributed by atoms with Crippen LogP contribution >= 0.6 is 0 Å². The molecule has 0 aromatic heterocycles. The molecule has 6 nitrogen and oxygen atoms in total. The zero-order valence-electron chi connectivity index (χ0n) is 11.0. The van der Waals surface area contributed by atoms with Gasteiger partial charge in [0, 0.05) is 18.7 Å². The molecule has 1 heterocycles. The van der Waals surface area contributed by atoms with Crippen LogP contribution in [0.1, 0.15) is 17.3 Å². The van der Waals surface area contributed by atoms with Crippen molar-refractivity contribution in [3.05, 3.63) is 35.9 Å². The Morgan fingerprint density at radius 2 is 2.05 bits per heavy atom. The molecule has 1 amide bonds. The van der Waals surface area contributed by atoms with E-state index in [4.69, 9.17) is 9.84 Å². The number of hydrogen-bond donors (Lipinski definition) is 1. The highest BCUT2D eigenvalue weighted by molar-refractivity contribution is 6.08. The van der Waals surface area contributed by atoms with Gasteiger partial charge in [-0.25, -0.2) is 4.79 Å². The van der Waals surface area contributed by atoms with Crippen LogP contribution in [-0.4, -0.2) is 35.9 Å². The quantitative estimate of drug-likeness (QED) is 0.663. The predicted molar refractivity (Wildman–Crippen MR) is 71.0 cm³/mol. The fourth-order valence-corrected chi connectivity index (χ4v) is 1.91. The second-order valence-electron chi connectivity index (χ2n) is 4.38. The molecule has 1 aliphatic heterocycles. The zero-order valence-corrected chi connectivity index (χ0v) is 11.0. The van der Waals surface area contributed by atoms with Gasteiger partial charge in [-0.05, 0) is 31.2 Å². The van der Waals surface area contributed by atoms with Gasteiger partial charge in [0.25, 0.3) is 5.91 Å². The molecule has 0 fully saturated rings. The van der Waals surface area contributed by atoms with Gasteiger partial charge in [-0.2, -0.15) is 0 Å². The van der Waals surface area contributed by atoms with Crippen LogP contribution in [-0.2, 0) is 9.59 Å². The molecule has 1 N–H and O–H groups in total. The normalized spacial score (nSPS) is 17.8. The number of allylic oxidation sites excluding steroid dienone is 1. The maximum atomic E-state index is 11.8. The molecule has 0 radical (unpaired) electrons. The van der Waals surface area contributed by atoms with Crippen molar-refractivity contribution in [3.8, 4) is 5.75 Å². The maximum absolute atomic E-state index is 11.8. The number of anilines is 1. The van der Waals surface area contributed by atoms with Crippen LogP contribution < -0.4 is 9.64 Å². The third-order valence-electron chi connectivity index (χ3n) is 2.96. The number of carboxylic acids is 1. The molecule has 0 bridgehead atoms. The van der Waals surface area contributed by atoms with Crippen molar-refractivity contribution in [2.45, 2.75) is 13.0 Å². The van der Waals surface area contributed by atoms with Gasteiger partial charge in [0.2, 0.25) is 0 Å². The number of rotatable bonds is 3. The Labute approximate surface area is 115 Å². The number of ketones is 1. The van der Waals surface area contributed by atoms with Gasteiger partial charge in [0.15, 0.2) is 11.9 Å². The Hall–Kier alpha value is -2.63. The number of ether oxygens (including phenoxy) is 1. The van der Waals surface area contributed by atoms with Crippen molar-refractivity contribution < 1.29 is 24.2 Å². The molecule has 0 spiro atoms. The van der Waals surface area contributed by atoms with Gasteiger partial charge in [-0.1, -0.05) is 0 Å². The summed E-state index contributed by atoms with van der Waals surface area (Å²) in [5, 5.41) is 8.50. The van der Waals surface area contributed by atoms with Crippen LogP contribution in [0.3, 0.4) is 0 Å². The fourth-order valence-electron chi connectivity index (χ4n) is 1.91. The Balaban J connectivity index is 2.35. The van der Waals surface area contributed by atoms with Gasteiger partial charge in [0.05, 0.1) is 5.69 Å². The van der Waals surface area contributed by atoms with Crippen LogP contribution in [0.5, 0.6) is 5.75 Å². The molecule has 1 aliphatic rings. The number of benzene rings is 1.